The molecule has 1 aromatic carbocycles. The van der Waals surface area contributed by atoms with Crippen LogP contribution >= 0.6 is 11.6 Å². The summed E-state index contributed by atoms with van der Waals surface area (Å²) in [6.45, 7) is 4.09. The first-order valence-corrected chi connectivity index (χ1v) is 5.95. The summed E-state index contributed by atoms with van der Waals surface area (Å²) in [4.78, 5) is 2.26. The first-order chi connectivity index (χ1) is 7.72. The van der Waals surface area contributed by atoms with Crippen LogP contribution in [0.5, 0.6) is 0 Å². The second-order valence-electron chi connectivity index (χ2n) is 4.23. The van der Waals surface area contributed by atoms with Gasteiger partial charge in [0.1, 0.15) is 0 Å². The average molecular weight is 241 g/mol. The van der Waals surface area contributed by atoms with E-state index < -0.39 is 0 Å². The summed E-state index contributed by atoms with van der Waals surface area (Å²) >= 11 is 5.88. The van der Waals surface area contributed by atoms with E-state index in [4.69, 9.17) is 11.6 Å². The Morgan fingerprint density at radius 3 is 2.69 bits per heavy atom. The lowest BCUT2D eigenvalue weighted by Crippen LogP contribution is -2.57. The standard InChI is InChI=1S/C12H17ClN2O/c1-9-6-14-7-12(8-16)15(9)11-4-2-10(13)3-5-11/h2-5,9,12,14,16H,6-8H2,1H3. The molecule has 16 heavy (non-hydrogen) atoms. The highest BCUT2D eigenvalue weighted by atomic mass is 35.5. The number of aliphatic hydroxyl groups is 1. The van der Waals surface area contributed by atoms with Crippen molar-refractivity contribution in [1.82, 2.24) is 5.32 Å². The number of piperazine rings is 1. The molecule has 1 aliphatic rings. The summed E-state index contributed by atoms with van der Waals surface area (Å²) in [5.74, 6) is 0. The summed E-state index contributed by atoms with van der Waals surface area (Å²) in [5, 5.41) is 13.4. The van der Waals surface area contributed by atoms with Gasteiger partial charge in [-0.05, 0) is 31.2 Å². The molecule has 2 rings (SSSR count). The SMILES string of the molecule is CC1CNCC(CO)N1c1ccc(Cl)cc1. The van der Waals surface area contributed by atoms with Gasteiger partial charge in [-0.15, -0.1) is 0 Å². The average Bonchev–Trinajstić information content (AvgIpc) is 2.30. The lowest BCUT2D eigenvalue weighted by Gasteiger charge is -2.42. The van der Waals surface area contributed by atoms with E-state index in [-0.39, 0.29) is 12.6 Å². The Hall–Kier alpha value is -0.770. The van der Waals surface area contributed by atoms with Crippen molar-refractivity contribution >= 4 is 17.3 Å². The van der Waals surface area contributed by atoms with E-state index in [1.807, 2.05) is 24.3 Å². The molecule has 2 atom stereocenters. The predicted octanol–water partition coefficient (Wildman–Crippen LogP) is 1.50. The highest BCUT2D eigenvalue weighted by Gasteiger charge is 2.26. The van der Waals surface area contributed by atoms with Gasteiger partial charge in [0.25, 0.3) is 0 Å². The fourth-order valence-corrected chi connectivity index (χ4v) is 2.37. The van der Waals surface area contributed by atoms with Crippen molar-refractivity contribution in [2.75, 3.05) is 24.6 Å². The van der Waals surface area contributed by atoms with Crippen LogP contribution in [-0.2, 0) is 0 Å². The second kappa shape index (κ2) is 5.04. The zero-order chi connectivity index (χ0) is 11.5. The van der Waals surface area contributed by atoms with Crippen LogP contribution in [0, 0.1) is 0 Å². The maximum absolute atomic E-state index is 9.39. The van der Waals surface area contributed by atoms with Crippen molar-refractivity contribution in [3.63, 3.8) is 0 Å². The van der Waals surface area contributed by atoms with Gasteiger partial charge >= 0.3 is 0 Å². The van der Waals surface area contributed by atoms with Gasteiger partial charge in [-0.25, -0.2) is 0 Å². The molecule has 0 bridgehead atoms. The second-order valence-corrected chi connectivity index (χ2v) is 4.66. The molecule has 4 heteroatoms. The molecule has 0 radical (unpaired) electrons. The number of rotatable bonds is 2. The third kappa shape index (κ3) is 2.32. The van der Waals surface area contributed by atoms with Crippen LogP contribution in [0.25, 0.3) is 0 Å². The maximum Gasteiger partial charge on any atom is 0.0649 e. The fraction of sp³-hybridized carbons (Fsp3) is 0.500. The van der Waals surface area contributed by atoms with Crippen molar-refractivity contribution in [2.24, 2.45) is 0 Å². The van der Waals surface area contributed by atoms with Crippen molar-refractivity contribution in [3.8, 4) is 0 Å². The van der Waals surface area contributed by atoms with Crippen molar-refractivity contribution in [3.05, 3.63) is 29.3 Å². The quantitative estimate of drug-likeness (QED) is 0.823. The van der Waals surface area contributed by atoms with E-state index in [1.54, 1.807) is 0 Å². The number of nitrogens with zero attached hydrogens (tertiary/aromatic N) is 1. The fourth-order valence-electron chi connectivity index (χ4n) is 2.25. The maximum atomic E-state index is 9.39. The third-order valence-corrected chi connectivity index (χ3v) is 3.28. The lowest BCUT2D eigenvalue weighted by atomic mass is 10.1. The smallest absolute Gasteiger partial charge is 0.0649 e. The molecular formula is C12H17ClN2O. The molecule has 2 unspecified atom stereocenters. The number of benzene rings is 1. The van der Waals surface area contributed by atoms with Crippen molar-refractivity contribution < 1.29 is 5.11 Å². The number of hydrogen-bond donors (Lipinski definition) is 2. The molecule has 1 fully saturated rings. The lowest BCUT2D eigenvalue weighted by molar-refractivity contribution is 0.235. The zero-order valence-corrected chi connectivity index (χ0v) is 10.1. The summed E-state index contributed by atoms with van der Waals surface area (Å²) < 4.78 is 0. The number of nitrogens with one attached hydrogen (secondary N) is 1. The van der Waals surface area contributed by atoms with E-state index in [0.29, 0.717) is 6.04 Å². The molecule has 1 saturated heterocycles. The Morgan fingerprint density at radius 2 is 2.06 bits per heavy atom. The van der Waals surface area contributed by atoms with E-state index in [1.165, 1.54) is 0 Å². The Kier molecular flexibility index (Phi) is 3.69. The van der Waals surface area contributed by atoms with Crippen LogP contribution < -0.4 is 10.2 Å². The monoisotopic (exact) mass is 240 g/mol. The Bertz CT molecular complexity index is 341. The summed E-state index contributed by atoms with van der Waals surface area (Å²) in [7, 11) is 0. The van der Waals surface area contributed by atoms with Gasteiger partial charge in [0.05, 0.1) is 12.6 Å². The largest absolute Gasteiger partial charge is 0.394 e. The third-order valence-electron chi connectivity index (χ3n) is 3.02. The molecule has 3 nitrogen and oxygen atoms in total. The molecule has 0 amide bonds. The van der Waals surface area contributed by atoms with Crippen LogP contribution in [0.15, 0.2) is 24.3 Å². The first kappa shape index (κ1) is 11.7. The highest BCUT2D eigenvalue weighted by Crippen LogP contribution is 2.23. The number of aliphatic hydroxyl groups excluding tert-OH is 1. The molecule has 0 aromatic heterocycles. The molecule has 1 heterocycles. The minimum atomic E-state index is 0.143. The van der Waals surface area contributed by atoms with Gasteiger partial charge < -0.3 is 15.3 Å². The van der Waals surface area contributed by atoms with E-state index in [9.17, 15) is 5.11 Å². The summed E-state index contributed by atoms with van der Waals surface area (Å²) in [6, 6.07) is 8.32. The van der Waals surface area contributed by atoms with Gasteiger partial charge in [-0.1, -0.05) is 11.6 Å². The van der Waals surface area contributed by atoms with Crippen LogP contribution in [0.4, 0.5) is 5.69 Å². The van der Waals surface area contributed by atoms with Gasteiger partial charge in [0.15, 0.2) is 0 Å². The number of anilines is 1. The molecule has 88 valence electrons. The van der Waals surface area contributed by atoms with E-state index in [2.05, 4.69) is 17.1 Å². The van der Waals surface area contributed by atoms with Crippen LogP contribution in [0.2, 0.25) is 5.02 Å². The van der Waals surface area contributed by atoms with Crippen LogP contribution in [0.3, 0.4) is 0 Å². The van der Waals surface area contributed by atoms with E-state index >= 15 is 0 Å². The molecule has 0 spiro atoms. The Balaban J connectivity index is 2.24. The highest BCUT2D eigenvalue weighted by molar-refractivity contribution is 6.30. The van der Waals surface area contributed by atoms with Crippen molar-refractivity contribution in [1.29, 1.82) is 0 Å². The molecular weight excluding hydrogens is 224 g/mol. The topological polar surface area (TPSA) is 35.5 Å². The normalized spacial score (nSPS) is 25.8. The Morgan fingerprint density at radius 1 is 1.38 bits per heavy atom. The molecule has 1 aromatic rings. The minimum Gasteiger partial charge on any atom is -0.394 e. The molecule has 2 N–H and O–H groups in total. The van der Waals surface area contributed by atoms with Gasteiger partial charge in [0.2, 0.25) is 0 Å². The van der Waals surface area contributed by atoms with E-state index in [0.717, 1.165) is 23.8 Å². The zero-order valence-electron chi connectivity index (χ0n) is 9.36. The summed E-state index contributed by atoms with van der Waals surface area (Å²) in [5.41, 5.74) is 1.12. The number of halogens is 1. The summed E-state index contributed by atoms with van der Waals surface area (Å²) in [6.07, 6.45) is 0. The molecule has 0 aliphatic carbocycles. The van der Waals surface area contributed by atoms with Crippen LogP contribution in [-0.4, -0.2) is 36.9 Å². The first-order valence-electron chi connectivity index (χ1n) is 5.58. The Labute approximate surface area is 101 Å². The molecule has 1 aliphatic heterocycles. The molecule has 0 saturated carbocycles. The minimum absolute atomic E-state index is 0.143. The predicted molar refractivity (Wildman–Crippen MR) is 67.1 cm³/mol. The van der Waals surface area contributed by atoms with Crippen molar-refractivity contribution in [2.45, 2.75) is 19.0 Å². The van der Waals surface area contributed by atoms with Crippen LogP contribution in [0.1, 0.15) is 6.92 Å². The van der Waals surface area contributed by atoms with Gasteiger partial charge in [-0.3, -0.25) is 0 Å². The number of hydrogen-bond acceptors (Lipinski definition) is 3. The van der Waals surface area contributed by atoms with Gasteiger partial charge in [-0.2, -0.15) is 0 Å². The van der Waals surface area contributed by atoms with Gasteiger partial charge in [0, 0.05) is 29.8 Å².